The van der Waals surface area contributed by atoms with Crippen LogP contribution in [0.25, 0.3) is 0 Å². The first-order valence-electron chi connectivity index (χ1n) is 16.1. The van der Waals surface area contributed by atoms with E-state index in [0.717, 1.165) is 19.4 Å². The largest absolute Gasteiger partial charge is 0.268 e. The van der Waals surface area contributed by atoms with Gasteiger partial charge in [0.15, 0.2) is 12.3 Å². The van der Waals surface area contributed by atoms with Crippen molar-refractivity contribution >= 4 is 41.2 Å². The van der Waals surface area contributed by atoms with Crippen LogP contribution in [0.3, 0.4) is 0 Å². The maximum absolute atomic E-state index is 2.72. The van der Waals surface area contributed by atoms with Crippen LogP contribution < -0.4 is 15.8 Å². The predicted octanol–water partition coefficient (Wildman–Crippen LogP) is 7.16. The summed E-state index contributed by atoms with van der Waals surface area (Å²) in [7, 11) is 0. The molecule has 0 spiro atoms. The van der Waals surface area contributed by atoms with Crippen molar-refractivity contribution in [2.24, 2.45) is 0 Å². The van der Waals surface area contributed by atoms with Crippen molar-refractivity contribution < 1.29 is 4.58 Å². The van der Waals surface area contributed by atoms with Crippen LogP contribution in [0, 0.1) is 76.2 Å². The molecule has 4 aromatic carbocycles. The van der Waals surface area contributed by atoms with Crippen LogP contribution in [0.1, 0.15) is 66.8 Å². The SMILES string of the molecule is Cc1cc(C)c(B2B(C3=[N+](c4c(C)cc(C)cc4C)CCN3c3c(C)cc(C)cc3C)Cc3cc(C)cc(C)c32)c(C)c1. The van der Waals surface area contributed by atoms with E-state index in [1.807, 2.05) is 0 Å². The second-order valence-corrected chi connectivity index (χ2v) is 13.9. The smallest absolute Gasteiger partial charge is 0.237 e. The fourth-order valence-corrected chi connectivity index (χ4v) is 9.13. The lowest BCUT2D eigenvalue weighted by molar-refractivity contribution is -0.427. The molecule has 0 unspecified atom stereocenters. The summed E-state index contributed by atoms with van der Waals surface area (Å²) < 4.78 is 2.72. The Bertz CT molecular complexity index is 1760. The maximum atomic E-state index is 2.72. The van der Waals surface area contributed by atoms with Gasteiger partial charge in [0.2, 0.25) is 0 Å². The molecule has 0 aromatic heterocycles. The predicted molar refractivity (Wildman–Crippen MR) is 189 cm³/mol. The zero-order valence-corrected chi connectivity index (χ0v) is 28.3. The van der Waals surface area contributed by atoms with Gasteiger partial charge in [0.1, 0.15) is 24.5 Å². The number of aryl methyl sites for hydroxylation is 11. The summed E-state index contributed by atoms with van der Waals surface area (Å²) in [6, 6.07) is 19.2. The molecule has 0 fully saturated rings. The van der Waals surface area contributed by atoms with Gasteiger partial charge in [0.05, 0.1) is 0 Å². The fourth-order valence-electron chi connectivity index (χ4n) is 9.13. The number of nitrogens with zero attached hydrogens (tertiary/aromatic N) is 2. The van der Waals surface area contributed by atoms with Gasteiger partial charge in [0, 0.05) is 0 Å². The molecule has 0 aliphatic carbocycles. The molecule has 2 aliphatic rings. The van der Waals surface area contributed by atoms with Crippen molar-refractivity contribution in [1.29, 1.82) is 0 Å². The van der Waals surface area contributed by atoms with Gasteiger partial charge >= 0.3 is 0 Å². The van der Waals surface area contributed by atoms with Crippen LogP contribution >= 0.6 is 0 Å². The van der Waals surface area contributed by atoms with E-state index in [1.165, 1.54) is 89.3 Å². The van der Waals surface area contributed by atoms with E-state index in [-0.39, 0.29) is 0 Å². The molecule has 0 saturated heterocycles. The number of benzene rings is 4. The Kier molecular flexibility index (Phi) is 7.48. The second kappa shape index (κ2) is 10.9. The Balaban J connectivity index is 1.68. The molecule has 2 nitrogen and oxygen atoms in total. The molecule has 0 amide bonds. The lowest BCUT2D eigenvalue weighted by Gasteiger charge is -2.26. The van der Waals surface area contributed by atoms with Gasteiger partial charge in [-0.05, 0) is 105 Å². The Morgan fingerprint density at radius 1 is 0.535 bits per heavy atom. The van der Waals surface area contributed by atoms with E-state index >= 15 is 0 Å². The molecule has 0 N–H and O–H groups in total. The average Bonchev–Trinajstić information content (AvgIpc) is 3.44. The highest BCUT2D eigenvalue weighted by Crippen LogP contribution is 2.35. The molecule has 218 valence electrons. The third-order valence-corrected chi connectivity index (χ3v) is 10.1. The van der Waals surface area contributed by atoms with E-state index in [2.05, 4.69) is 134 Å². The summed E-state index contributed by atoms with van der Waals surface area (Å²) in [5.41, 5.74) is 24.0. The lowest BCUT2D eigenvalue weighted by Crippen LogP contribution is -2.60. The van der Waals surface area contributed by atoms with Gasteiger partial charge < -0.3 is 0 Å². The average molecular weight is 565 g/mol. The molecule has 6 rings (SSSR count). The molecule has 0 radical (unpaired) electrons. The van der Waals surface area contributed by atoms with Gasteiger partial charge in [-0.1, -0.05) is 104 Å². The molecular weight excluding hydrogens is 518 g/mol. The van der Waals surface area contributed by atoms with Crippen molar-refractivity contribution in [2.75, 3.05) is 18.0 Å². The van der Waals surface area contributed by atoms with Crippen molar-refractivity contribution in [3.8, 4) is 0 Å². The van der Waals surface area contributed by atoms with Crippen LogP contribution in [0.2, 0.25) is 0 Å². The zero-order chi connectivity index (χ0) is 30.9. The Morgan fingerprint density at radius 2 is 0.977 bits per heavy atom. The molecule has 2 aliphatic heterocycles. The standard InChI is InChI=1S/C39H47B2N2/c1-23-14-27(5)35(28(6)15-23)41-36-29(7)16-26(4)21-34(36)22-40(41)39-42(37-30(8)17-24(2)18-31(37)9)12-13-43(39)38-32(10)19-25(3)20-33(38)11/h14-21H,12-13,22H2,1-11H3/q+1. The topological polar surface area (TPSA) is 6.25 Å². The summed E-state index contributed by atoms with van der Waals surface area (Å²) in [5.74, 6) is 0. The first-order chi connectivity index (χ1) is 20.3. The van der Waals surface area contributed by atoms with Crippen LogP contribution in [-0.4, -0.2) is 36.6 Å². The van der Waals surface area contributed by atoms with Crippen molar-refractivity contribution in [2.45, 2.75) is 82.5 Å². The Labute approximate surface area is 261 Å². The summed E-state index contributed by atoms with van der Waals surface area (Å²) in [6.07, 6.45) is 1.06. The normalized spacial score (nSPS) is 14.8. The van der Waals surface area contributed by atoms with E-state index in [1.54, 1.807) is 5.46 Å². The fraction of sp³-hybridized carbons (Fsp3) is 0.359. The highest BCUT2D eigenvalue weighted by molar-refractivity contribution is 7.45. The third-order valence-electron chi connectivity index (χ3n) is 10.1. The molecule has 4 heteroatoms. The van der Waals surface area contributed by atoms with E-state index < -0.39 is 0 Å². The molecular formula is C39H47B2N2+. The molecule has 0 saturated carbocycles. The first kappa shape index (κ1) is 29.5. The summed E-state index contributed by atoms with van der Waals surface area (Å²) in [4.78, 5) is 2.72. The highest BCUT2D eigenvalue weighted by atomic mass is 15.3. The Morgan fingerprint density at radius 3 is 1.51 bits per heavy atom. The molecule has 43 heavy (non-hydrogen) atoms. The monoisotopic (exact) mass is 565 g/mol. The minimum Gasteiger partial charge on any atom is -0.237 e. The number of fused-ring (bicyclic) bond motifs is 1. The van der Waals surface area contributed by atoms with Crippen molar-refractivity contribution in [3.63, 3.8) is 0 Å². The van der Waals surface area contributed by atoms with E-state index in [0.29, 0.717) is 13.2 Å². The van der Waals surface area contributed by atoms with Crippen LogP contribution in [0.5, 0.6) is 0 Å². The van der Waals surface area contributed by atoms with Gasteiger partial charge in [-0.25, -0.2) is 9.48 Å². The van der Waals surface area contributed by atoms with Gasteiger partial charge in [-0.2, -0.15) is 0 Å². The van der Waals surface area contributed by atoms with Crippen molar-refractivity contribution in [1.82, 2.24) is 0 Å². The minimum absolute atomic E-state index is 0.312. The minimum atomic E-state index is 0.312. The number of rotatable bonds is 4. The molecule has 4 aromatic rings. The number of anilines is 1. The van der Waals surface area contributed by atoms with Crippen LogP contribution in [-0.2, 0) is 6.32 Å². The maximum Gasteiger partial charge on any atom is 0.268 e. The number of hydrogen-bond donors (Lipinski definition) is 0. The third kappa shape index (κ3) is 4.97. The van der Waals surface area contributed by atoms with E-state index in [9.17, 15) is 0 Å². The lowest BCUT2D eigenvalue weighted by atomic mass is 9.06. The van der Waals surface area contributed by atoms with Crippen LogP contribution in [0.4, 0.5) is 11.4 Å². The van der Waals surface area contributed by atoms with Crippen LogP contribution in [0.15, 0.2) is 48.5 Å². The molecule has 0 bridgehead atoms. The quantitative estimate of drug-likeness (QED) is 0.188. The zero-order valence-electron chi connectivity index (χ0n) is 28.3. The second-order valence-electron chi connectivity index (χ2n) is 13.9. The highest BCUT2D eigenvalue weighted by Gasteiger charge is 2.53. The van der Waals surface area contributed by atoms with E-state index in [4.69, 9.17) is 0 Å². The summed E-state index contributed by atoms with van der Waals surface area (Å²) >= 11 is 0. The molecule has 0 atom stereocenters. The number of amidine groups is 1. The Hall–Kier alpha value is -3.52. The first-order valence-corrected chi connectivity index (χ1v) is 16.1. The summed E-state index contributed by atoms with van der Waals surface area (Å²) in [6.45, 7) is 27.8. The molecule has 2 heterocycles. The van der Waals surface area contributed by atoms with Gasteiger partial charge in [-0.3, -0.25) is 0 Å². The van der Waals surface area contributed by atoms with Crippen molar-refractivity contribution in [3.05, 3.63) is 115 Å². The summed E-state index contributed by atoms with van der Waals surface area (Å²) in [5, 5.41) is 0. The van der Waals surface area contributed by atoms with Gasteiger partial charge in [0.25, 0.3) is 6.60 Å². The van der Waals surface area contributed by atoms with Gasteiger partial charge in [-0.15, -0.1) is 0 Å². The number of hydrogen-bond acceptors (Lipinski definition) is 1.